The number of hydrogen-bond donors (Lipinski definition) is 6. The molecule has 3 heterocycles. The first-order chi connectivity index (χ1) is 27.4. The molecule has 56 heavy (non-hydrogen) atoms. The highest BCUT2D eigenvalue weighted by Crippen LogP contribution is 2.25. The Labute approximate surface area is 334 Å². The van der Waals surface area contributed by atoms with Gasteiger partial charge in [0.2, 0.25) is 17.8 Å². The van der Waals surface area contributed by atoms with Crippen molar-refractivity contribution in [2.45, 2.75) is 107 Å². The zero-order valence-electron chi connectivity index (χ0n) is 32.5. The number of anilines is 2. The number of nitrogens with one attached hydrogen (secondary N) is 5. The van der Waals surface area contributed by atoms with Crippen LogP contribution in [0.1, 0.15) is 76.3 Å². The van der Waals surface area contributed by atoms with Crippen LogP contribution in [-0.2, 0) is 22.7 Å². The van der Waals surface area contributed by atoms with Gasteiger partial charge in [0.1, 0.15) is 17.3 Å². The Morgan fingerprint density at radius 3 is 2.54 bits per heavy atom. The lowest BCUT2D eigenvalue weighted by atomic mass is 9.95. The molecule has 2 aromatic carbocycles. The number of carbonyl (C=O) groups excluding carboxylic acids is 2. The zero-order valence-corrected chi connectivity index (χ0v) is 33.4. The minimum absolute atomic E-state index is 0.00934. The Morgan fingerprint density at radius 2 is 1.73 bits per heavy atom. The molecular formula is C40H58N12O3S. The van der Waals surface area contributed by atoms with Gasteiger partial charge < -0.3 is 36.6 Å². The van der Waals surface area contributed by atoms with E-state index in [9.17, 15) is 9.59 Å². The first-order valence-electron chi connectivity index (χ1n) is 20.2. The van der Waals surface area contributed by atoms with Gasteiger partial charge in [-0.3, -0.25) is 19.0 Å². The first-order valence-corrected chi connectivity index (χ1v) is 21.0. The molecule has 1 atom stereocenters. The van der Waals surface area contributed by atoms with Gasteiger partial charge in [0.05, 0.1) is 31.4 Å². The second kappa shape index (κ2) is 21.7. The molecule has 2 aliphatic rings. The molecule has 1 aliphatic heterocycles. The second-order valence-electron chi connectivity index (χ2n) is 14.7. The van der Waals surface area contributed by atoms with E-state index in [0.717, 1.165) is 91.0 Å². The van der Waals surface area contributed by atoms with E-state index in [-0.39, 0.29) is 30.7 Å². The topological polar surface area (TPSA) is 189 Å². The molecule has 7 N–H and O–H groups in total. The summed E-state index contributed by atoms with van der Waals surface area (Å²) in [4.78, 5) is 37.9. The smallest absolute Gasteiger partial charge is 0.246 e. The number of nitrogens with zero attached hydrogens (tertiary/aromatic N) is 6. The van der Waals surface area contributed by atoms with Crippen LogP contribution in [0.25, 0.3) is 10.9 Å². The Kier molecular flexibility index (Phi) is 15.9. The van der Waals surface area contributed by atoms with E-state index in [1.54, 1.807) is 7.11 Å². The molecule has 1 aliphatic carbocycles. The number of carbonyl (C=O) groups is 2. The molecule has 0 radical (unpaired) electrons. The molecule has 1 unspecified atom stereocenters. The maximum atomic E-state index is 13.0. The van der Waals surface area contributed by atoms with Crippen LogP contribution in [0, 0.1) is 0 Å². The third-order valence-corrected chi connectivity index (χ3v) is 11.3. The fraction of sp³-hybridized carbons (Fsp3) is 0.550. The van der Waals surface area contributed by atoms with Crippen molar-refractivity contribution in [1.29, 1.82) is 0 Å². The highest BCUT2D eigenvalue weighted by Gasteiger charge is 2.25. The third kappa shape index (κ3) is 12.8. The van der Waals surface area contributed by atoms with E-state index in [1.165, 1.54) is 44.1 Å². The Bertz CT molecular complexity index is 1810. The molecule has 0 spiro atoms. The zero-order chi connectivity index (χ0) is 39.0. The average molecular weight is 787 g/mol. The van der Waals surface area contributed by atoms with Crippen LogP contribution < -0.4 is 36.5 Å². The molecule has 4 aromatic rings. The van der Waals surface area contributed by atoms with Crippen molar-refractivity contribution in [3.63, 3.8) is 0 Å². The van der Waals surface area contributed by atoms with Crippen molar-refractivity contribution in [1.82, 2.24) is 45.2 Å². The predicted octanol–water partition coefficient (Wildman–Crippen LogP) is 4.47. The predicted molar refractivity (Wildman–Crippen MR) is 221 cm³/mol. The fourth-order valence-electron chi connectivity index (χ4n) is 7.14. The SMILES string of the molecule is COc1ccc(SNC(=O)C(N)CCC(=O)N2CCC(Nc3nc(NCc4cn(CCCNCCCNC5CCCCC5)nn4)nc4ccccc34)CC2)cc1. The maximum absolute atomic E-state index is 13.0. The lowest BCUT2D eigenvalue weighted by molar-refractivity contribution is -0.132. The Hall–Kier alpha value is -4.51. The van der Waals surface area contributed by atoms with E-state index in [2.05, 4.69) is 36.3 Å². The van der Waals surface area contributed by atoms with Crippen molar-refractivity contribution in [3.8, 4) is 5.75 Å². The maximum Gasteiger partial charge on any atom is 0.246 e. The van der Waals surface area contributed by atoms with Gasteiger partial charge in [-0.05, 0) is 113 Å². The van der Waals surface area contributed by atoms with Crippen LogP contribution in [0.5, 0.6) is 5.75 Å². The van der Waals surface area contributed by atoms with E-state index >= 15 is 0 Å². The lowest BCUT2D eigenvalue weighted by Crippen LogP contribution is -2.43. The highest BCUT2D eigenvalue weighted by atomic mass is 32.2. The normalized spacial score (nSPS) is 15.8. The summed E-state index contributed by atoms with van der Waals surface area (Å²) in [5.74, 6) is 1.72. The third-order valence-electron chi connectivity index (χ3n) is 10.4. The van der Waals surface area contributed by atoms with Crippen LogP contribution in [0.2, 0.25) is 0 Å². The molecule has 6 rings (SSSR count). The molecule has 1 saturated carbocycles. The van der Waals surface area contributed by atoms with Gasteiger partial charge in [-0.25, -0.2) is 4.98 Å². The van der Waals surface area contributed by atoms with Gasteiger partial charge >= 0.3 is 0 Å². The summed E-state index contributed by atoms with van der Waals surface area (Å²) in [7, 11) is 1.61. The van der Waals surface area contributed by atoms with E-state index in [0.29, 0.717) is 25.6 Å². The Morgan fingerprint density at radius 1 is 0.946 bits per heavy atom. The van der Waals surface area contributed by atoms with Crippen molar-refractivity contribution in [3.05, 3.63) is 60.4 Å². The van der Waals surface area contributed by atoms with Crippen molar-refractivity contribution >= 4 is 46.4 Å². The summed E-state index contributed by atoms with van der Waals surface area (Å²) in [5, 5.41) is 23.9. The summed E-state index contributed by atoms with van der Waals surface area (Å²) in [6.45, 7) is 5.56. The largest absolute Gasteiger partial charge is 0.497 e. The highest BCUT2D eigenvalue weighted by molar-refractivity contribution is 7.98. The fourth-order valence-corrected chi connectivity index (χ4v) is 7.79. The van der Waals surface area contributed by atoms with Gasteiger partial charge in [0.15, 0.2) is 0 Å². The van der Waals surface area contributed by atoms with Gasteiger partial charge in [-0.1, -0.05) is 36.6 Å². The lowest BCUT2D eigenvalue weighted by Gasteiger charge is -2.33. The number of amides is 2. The number of methoxy groups -OCH3 is 1. The molecule has 2 amide bonds. The number of para-hydroxylation sites is 1. The first kappa shape index (κ1) is 41.1. The minimum Gasteiger partial charge on any atom is -0.497 e. The average Bonchev–Trinajstić information content (AvgIpc) is 3.70. The molecule has 16 heteroatoms. The molecule has 1 saturated heterocycles. The van der Waals surface area contributed by atoms with Crippen LogP contribution in [0.3, 0.4) is 0 Å². The number of nitrogens with two attached hydrogens (primary N) is 1. The molecular weight excluding hydrogens is 729 g/mol. The summed E-state index contributed by atoms with van der Waals surface area (Å²) < 4.78 is 9.84. The van der Waals surface area contributed by atoms with Crippen LogP contribution in [-0.4, -0.2) is 99.6 Å². The molecule has 15 nitrogen and oxygen atoms in total. The summed E-state index contributed by atoms with van der Waals surface area (Å²) in [6, 6.07) is 15.4. The molecule has 0 bridgehead atoms. The van der Waals surface area contributed by atoms with Gasteiger partial charge in [-0.2, -0.15) is 4.98 Å². The van der Waals surface area contributed by atoms with Gasteiger partial charge in [0, 0.05) is 48.4 Å². The number of ether oxygens (including phenoxy) is 1. The number of fused-ring (bicyclic) bond motifs is 1. The molecule has 2 aromatic heterocycles. The van der Waals surface area contributed by atoms with Crippen LogP contribution in [0.15, 0.2) is 59.6 Å². The number of piperidine rings is 1. The number of likely N-dealkylation sites (tertiary alicyclic amines) is 1. The number of rotatable bonds is 21. The van der Waals surface area contributed by atoms with Crippen LogP contribution >= 0.6 is 11.9 Å². The summed E-state index contributed by atoms with van der Waals surface area (Å²) in [5.41, 5.74) is 7.79. The van der Waals surface area contributed by atoms with Crippen LogP contribution in [0.4, 0.5) is 11.8 Å². The van der Waals surface area contributed by atoms with E-state index in [1.807, 2.05) is 64.3 Å². The number of benzene rings is 2. The Balaban J connectivity index is 0.891. The van der Waals surface area contributed by atoms with E-state index < -0.39 is 6.04 Å². The van der Waals surface area contributed by atoms with Crippen molar-refractivity contribution < 1.29 is 14.3 Å². The summed E-state index contributed by atoms with van der Waals surface area (Å²) in [6.07, 6.45) is 13.0. The van der Waals surface area contributed by atoms with Crippen molar-refractivity contribution in [2.24, 2.45) is 5.73 Å². The van der Waals surface area contributed by atoms with Gasteiger partial charge in [-0.15, -0.1) is 5.10 Å². The monoisotopic (exact) mass is 786 g/mol. The molecule has 2 fully saturated rings. The number of aromatic nitrogens is 5. The van der Waals surface area contributed by atoms with E-state index in [4.69, 9.17) is 20.4 Å². The minimum atomic E-state index is -0.773. The second-order valence-corrected chi connectivity index (χ2v) is 15.6. The summed E-state index contributed by atoms with van der Waals surface area (Å²) >= 11 is 1.19. The quantitative estimate of drug-likeness (QED) is 0.0514. The molecule has 302 valence electrons. The van der Waals surface area contributed by atoms with Gasteiger partial charge in [0.25, 0.3) is 0 Å². The van der Waals surface area contributed by atoms with Crippen molar-refractivity contribution in [2.75, 3.05) is 50.5 Å². The standard InChI is InChI=1S/C40H58N12O3S/c1-55-32-13-15-33(16-14-32)56-49-39(54)35(41)17-18-37(53)51-25-19-30(20-26-51)45-38-34-11-5-6-12-36(34)46-40(47-38)44-27-31-28-52(50-48-31)24-8-22-42-21-7-23-43-29-9-3-2-4-10-29/h5-6,11-16,28-30,35,42-43H,2-4,7-10,17-27,41H2,1H3,(H,49,54)(H2,44,45,46,47). The number of aryl methyl sites for hydroxylation is 1. The number of hydrogen-bond acceptors (Lipinski definition) is 13.